The van der Waals surface area contributed by atoms with Crippen LogP contribution in [0.5, 0.6) is 0 Å². The first-order chi connectivity index (χ1) is 6.76. The molecule has 0 aromatic heterocycles. The summed E-state index contributed by atoms with van der Waals surface area (Å²) < 4.78 is 0. The molecule has 0 aliphatic heterocycles. The summed E-state index contributed by atoms with van der Waals surface area (Å²) in [6.45, 7) is 4.37. The first-order valence-corrected chi connectivity index (χ1v) is 6.19. The van der Waals surface area contributed by atoms with Gasteiger partial charge in [0.25, 0.3) is 0 Å². The Hall–Kier alpha value is -0.0800. The summed E-state index contributed by atoms with van der Waals surface area (Å²) >= 11 is 0. The lowest BCUT2D eigenvalue weighted by Crippen LogP contribution is -2.42. The molecule has 2 aliphatic rings. The fraction of sp³-hybridized carbons (Fsp3) is 1.00. The van der Waals surface area contributed by atoms with Crippen molar-refractivity contribution < 1.29 is 0 Å². The first-order valence-electron chi connectivity index (χ1n) is 6.19. The predicted molar refractivity (Wildman–Crippen MR) is 60.1 cm³/mol. The summed E-state index contributed by atoms with van der Waals surface area (Å²) in [6.07, 6.45) is 8.26. The van der Waals surface area contributed by atoms with Gasteiger partial charge < -0.3 is 11.1 Å². The molecule has 0 radical (unpaired) electrons. The highest BCUT2D eigenvalue weighted by molar-refractivity contribution is 4.93. The molecule has 0 heterocycles. The van der Waals surface area contributed by atoms with Crippen LogP contribution in [0.2, 0.25) is 0 Å². The van der Waals surface area contributed by atoms with E-state index in [-0.39, 0.29) is 0 Å². The van der Waals surface area contributed by atoms with Crippen molar-refractivity contribution in [3.63, 3.8) is 0 Å². The van der Waals surface area contributed by atoms with Crippen molar-refractivity contribution in [2.45, 2.75) is 51.5 Å². The van der Waals surface area contributed by atoms with Crippen LogP contribution < -0.4 is 11.1 Å². The van der Waals surface area contributed by atoms with Crippen molar-refractivity contribution in [3.8, 4) is 0 Å². The number of hydrogen-bond donors (Lipinski definition) is 2. The lowest BCUT2D eigenvalue weighted by atomic mass is 9.74. The van der Waals surface area contributed by atoms with E-state index in [2.05, 4.69) is 12.2 Å². The van der Waals surface area contributed by atoms with Gasteiger partial charge in [-0.2, -0.15) is 0 Å². The van der Waals surface area contributed by atoms with E-state index >= 15 is 0 Å². The quantitative estimate of drug-likeness (QED) is 0.720. The van der Waals surface area contributed by atoms with Gasteiger partial charge in [-0.1, -0.05) is 26.2 Å². The third kappa shape index (κ3) is 2.29. The second-order valence-electron chi connectivity index (χ2n) is 5.47. The maximum atomic E-state index is 5.94. The molecule has 0 aromatic carbocycles. The predicted octanol–water partition coefficient (Wildman–Crippen LogP) is 1.89. The van der Waals surface area contributed by atoms with Gasteiger partial charge >= 0.3 is 0 Å². The lowest BCUT2D eigenvalue weighted by molar-refractivity contribution is 0.190. The molecule has 0 aromatic rings. The van der Waals surface area contributed by atoms with Gasteiger partial charge in [-0.05, 0) is 37.1 Å². The first kappa shape index (κ1) is 10.4. The molecule has 0 saturated heterocycles. The van der Waals surface area contributed by atoms with Crippen LogP contribution in [0.15, 0.2) is 0 Å². The zero-order chi connectivity index (χ0) is 10.0. The normalized spacial score (nSPS) is 35.6. The van der Waals surface area contributed by atoms with Crippen LogP contribution in [0.4, 0.5) is 0 Å². The molecule has 2 saturated carbocycles. The third-order valence-corrected chi connectivity index (χ3v) is 4.20. The molecule has 2 nitrogen and oxygen atoms in total. The molecule has 0 amide bonds. The Balaban J connectivity index is 1.78. The minimum atomic E-state index is 0.445. The summed E-state index contributed by atoms with van der Waals surface area (Å²) in [7, 11) is 0. The molecule has 2 fully saturated rings. The minimum Gasteiger partial charge on any atom is -0.330 e. The molecular formula is C12H24N2. The molecular weight excluding hydrogens is 172 g/mol. The van der Waals surface area contributed by atoms with Crippen molar-refractivity contribution in [1.29, 1.82) is 0 Å². The van der Waals surface area contributed by atoms with Gasteiger partial charge in [-0.15, -0.1) is 0 Å². The number of nitrogens with one attached hydrogen (secondary N) is 1. The van der Waals surface area contributed by atoms with Crippen molar-refractivity contribution >= 4 is 0 Å². The second kappa shape index (κ2) is 4.19. The van der Waals surface area contributed by atoms with Crippen LogP contribution in [0.1, 0.15) is 45.4 Å². The maximum Gasteiger partial charge on any atom is 0.00966 e. The number of hydrogen-bond acceptors (Lipinski definition) is 2. The number of nitrogens with two attached hydrogens (primary N) is 1. The summed E-state index contributed by atoms with van der Waals surface area (Å²) in [5.74, 6) is 0.911. The molecule has 2 aliphatic carbocycles. The zero-order valence-corrected chi connectivity index (χ0v) is 9.39. The average Bonchev–Trinajstić information content (AvgIpc) is 2.93. The summed E-state index contributed by atoms with van der Waals surface area (Å²) in [6, 6.07) is 0.806. The SMILES string of the molecule is CC1CC1NCC1(CN)CCCCC1. The highest BCUT2D eigenvalue weighted by Gasteiger charge is 2.36. The molecule has 2 unspecified atom stereocenters. The van der Waals surface area contributed by atoms with Crippen molar-refractivity contribution in [1.82, 2.24) is 5.32 Å². The monoisotopic (exact) mass is 196 g/mol. The van der Waals surface area contributed by atoms with E-state index in [1.807, 2.05) is 0 Å². The molecule has 3 N–H and O–H groups in total. The van der Waals surface area contributed by atoms with Crippen molar-refractivity contribution in [2.75, 3.05) is 13.1 Å². The molecule has 82 valence electrons. The summed E-state index contributed by atoms with van der Waals surface area (Å²) in [4.78, 5) is 0. The molecule has 2 heteroatoms. The van der Waals surface area contributed by atoms with Crippen LogP contribution in [-0.2, 0) is 0 Å². The Morgan fingerprint density at radius 2 is 1.93 bits per heavy atom. The minimum absolute atomic E-state index is 0.445. The van der Waals surface area contributed by atoms with Crippen molar-refractivity contribution in [2.24, 2.45) is 17.1 Å². The standard InChI is InChI=1S/C12H24N2/c1-10-7-11(10)14-9-12(8-13)5-3-2-4-6-12/h10-11,14H,2-9,13H2,1H3. The fourth-order valence-corrected chi connectivity index (χ4v) is 2.71. The van der Waals surface area contributed by atoms with E-state index < -0.39 is 0 Å². The van der Waals surface area contributed by atoms with E-state index in [1.165, 1.54) is 45.1 Å². The van der Waals surface area contributed by atoms with Crippen molar-refractivity contribution in [3.05, 3.63) is 0 Å². The van der Waals surface area contributed by atoms with Crippen LogP contribution >= 0.6 is 0 Å². The zero-order valence-electron chi connectivity index (χ0n) is 9.39. The second-order valence-corrected chi connectivity index (χ2v) is 5.47. The van der Waals surface area contributed by atoms with Crippen LogP contribution in [0, 0.1) is 11.3 Å². The topological polar surface area (TPSA) is 38.0 Å². The fourth-order valence-electron chi connectivity index (χ4n) is 2.71. The Morgan fingerprint density at radius 1 is 1.29 bits per heavy atom. The van der Waals surface area contributed by atoms with Gasteiger partial charge in [0.15, 0.2) is 0 Å². The highest BCUT2D eigenvalue weighted by Crippen LogP contribution is 2.36. The van der Waals surface area contributed by atoms with Gasteiger partial charge in [-0.25, -0.2) is 0 Å². The van der Waals surface area contributed by atoms with Crippen LogP contribution in [0.3, 0.4) is 0 Å². The van der Waals surface area contributed by atoms with E-state index in [9.17, 15) is 0 Å². The molecule has 2 atom stereocenters. The van der Waals surface area contributed by atoms with Gasteiger partial charge in [0.05, 0.1) is 0 Å². The van der Waals surface area contributed by atoms with E-state index in [4.69, 9.17) is 5.73 Å². The summed E-state index contributed by atoms with van der Waals surface area (Å²) in [5, 5.41) is 3.69. The van der Waals surface area contributed by atoms with Crippen LogP contribution in [-0.4, -0.2) is 19.1 Å². The Labute approximate surface area is 87.6 Å². The Kier molecular flexibility index (Phi) is 3.13. The molecule has 0 spiro atoms. The largest absolute Gasteiger partial charge is 0.330 e. The smallest absolute Gasteiger partial charge is 0.00966 e. The third-order valence-electron chi connectivity index (χ3n) is 4.20. The molecule has 14 heavy (non-hydrogen) atoms. The average molecular weight is 196 g/mol. The lowest BCUT2D eigenvalue weighted by Gasteiger charge is -2.36. The number of rotatable bonds is 4. The Bertz CT molecular complexity index is 185. The van der Waals surface area contributed by atoms with Gasteiger partial charge in [0.2, 0.25) is 0 Å². The van der Waals surface area contributed by atoms with Gasteiger partial charge in [0.1, 0.15) is 0 Å². The van der Waals surface area contributed by atoms with Gasteiger partial charge in [0, 0.05) is 12.6 Å². The summed E-state index contributed by atoms with van der Waals surface area (Å²) in [5.41, 5.74) is 6.38. The molecule has 0 bridgehead atoms. The van der Waals surface area contributed by atoms with E-state index in [0.29, 0.717) is 5.41 Å². The van der Waals surface area contributed by atoms with Crippen LogP contribution in [0.25, 0.3) is 0 Å². The van der Waals surface area contributed by atoms with E-state index in [0.717, 1.165) is 18.5 Å². The molecule has 2 rings (SSSR count). The maximum absolute atomic E-state index is 5.94. The van der Waals surface area contributed by atoms with Gasteiger partial charge in [-0.3, -0.25) is 0 Å². The Morgan fingerprint density at radius 3 is 2.43 bits per heavy atom. The highest BCUT2D eigenvalue weighted by atomic mass is 15.0. The van der Waals surface area contributed by atoms with E-state index in [1.54, 1.807) is 0 Å².